The summed E-state index contributed by atoms with van der Waals surface area (Å²) in [5.74, 6) is 0. The Bertz CT molecular complexity index is 604. The second-order valence-corrected chi connectivity index (χ2v) is 5.60. The van der Waals surface area contributed by atoms with Crippen LogP contribution in [-0.4, -0.2) is 38.5 Å². The number of benzene rings is 1. The Morgan fingerprint density at radius 3 is 2.73 bits per heavy atom. The zero-order valence-electron chi connectivity index (χ0n) is 11.8. The summed E-state index contributed by atoms with van der Waals surface area (Å²) in [7, 11) is 0. The number of alkyl halides is 3. The lowest BCUT2D eigenvalue weighted by atomic mass is 9.99. The summed E-state index contributed by atoms with van der Waals surface area (Å²) < 4.78 is 50.3. The molecule has 1 aromatic rings. The second kappa shape index (κ2) is 5.45. The highest BCUT2D eigenvalue weighted by Crippen LogP contribution is 2.36. The molecule has 3 rings (SSSR count). The maximum Gasteiger partial charge on any atom is 0.417 e. The Morgan fingerprint density at radius 1 is 1.27 bits per heavy atom. The molecule has 1 spiro atoms. The van der Waals surface area contributed by atoms with Crippen LogP contribution in [0, 0.1) is 11.3 Å². The molecule has 1 unspecified atom stereocenters. The predicted octanol–water partition coefficient (Wildman–Crippen LogP) is 2.57. The van der Waals surface area contributed by atoms with Gasteiger partial charge < -0.3 is 14.4 Å². The van der Waals surface area contributed by atoms with Crippen LogP contribution in [0.15, 0.2) is 18.2 Å². The third-order valence-corrected chi connectivity index (χ3v) is 4.11. The Morgan fingerprint density at radius 2 is 2.09 bits per heavy atom. The monoisotopic (exact) mass is 312 g/mol. The van der Waals surface area contributed by atoms with Crippen LogP contribution < -0.4 is 4.90 Å². The molecule has 0 radical (unpaired) electrons. The highest BCUT2D eigenvalue weighted by Gasteiger charge is 2.41. The lowest BCUT2D eigenvalue weighted by Gasteiger charge is -2.40. The van der Waals surface area contributed by atoms with Crippen LogP contribution in [0.5, 0.6) is 0 Å². The van der Waals surface area contributed by atoms with Crippen LogP contribution in [-0.2, 0) is 15.7 Å². The Labute approximate surface area is 126 Å². The highest BCUT2D eigenvalue weighted by molar-refractivity contribution is 5.55. The minimum absolute atomic E-state index is 0.358. The van der Waals surface area contributed by atoms with Crippen molar-refractivity contribution in [2.24, 2.45) is 0 Å². The van der Waals surface area contributed by atoms with Crippen molar-refractivity contribution < 1.29 is 22.6 Å². The topological polar surface area (TPSA) is 45.5 Å². The van der Waals surface area contributed by atoms with Crippen molar-refractivity contribution in [3.8, 4) is 6.07 Å². The van der Waals surface area contributed by atoms with E-state index in [2.05, 4.69) is 0 Å². The van der Waals surface area contributed by atoms with Gasteiger partial charge in [-0.3, -0.25) is 0 Å². The number of hydrogen-bond donors (Lipinski definition) is 0. The zero-order valence-corrected chi connectivity index (χ0v) is 11.8. The van der Waals surface area contributed by atoms with E-state index in [1.807, 2.05) is 4.90 Å². The third kappa shape index (κ3) is 2.76. The van der Waals surface area contributed by atoms with Gasteiger partial charge in [-0.05, 0) is 18.2 Å². The number of nitrogens with zero attached hydrogens (tertiary/aromatic N) is 2. The fourth-order valence-corrected chi connectivity index (χ4v) is 2.95. The van der Waals surface area contributed by atoms with E-state index in [0.717, 1.165) is 12.5 Å². The average molecular weight is 312 g/mol. The molecular weight excluding hydrogens is 297 g/mol. The molecule has 0 saturated carbocycles. The lowest BCUT2D eigenvalue weighted by molar-refractivity contribution is -0.137. The summed E-state index contributed by atoms with van der Waals surface area (Å²) >= 11 is 0. The van der Waals surface area contributed by atoms with Crippen LogP contribution >= 0.6 is 0 Å². The van der Waals surface area contributed by atoms with Gasteiger partial charge in [0.15, 0.2) is 0 Å². The quantitative estimate of drug-likeness (QED) is 0.799. The molecule has 0 aromatic heterocycles. The van der Waals surface area contributed by atoms with Crippen LogP contribution in [0.25, 0.3) is 0 Å². The van der Waals surface area contributed by atoms with Crippen molar-refractivity contribution in [3.05, 3.63) is 29.3 Å². The van der Waals surface area contributed by atoms with Crippen LogP contribution in [0.2, 0.25) is 0 Å². The van der Waals surface area contributed by atoms with Gasteiger partial charge >= 0.3 is 6.18 Å². The van der Waals surface area contributed by atoms with Crippen molar-refractivity contribution in [1.29, 1.82) is 5.26 Å². The van der Waals surface area contributed by atoms with E-state index in [0.29, 0.717) is 38.6 Å². The number of anilines is 1. The van der Waals surface area contributed by atoms with Gasteiger partial charge in [-0.1, -0.05) is 0 Å². The molecular formula is C15H15F3N2O2. The summed E-state index contributed by atoms with van der Waals surface area (Å²) in [5.41, 5.74) is -1.22. The Balaban J connectivity index is 1.90. The maximum absolute atomic E-state index is 13.1. The van der Waals surface area contributed by atoms with Gasteiger partial charge in [-0.25, -0.2) is 0 Å². The zero-order chi connectivity index (χ0) is 15.8. The van der Waals surface area contributed by atoms with E-state index in [1.165, 1.54) is 6.07 Å². The summed E-state index contributed by atoms with van der Waals surface area (Å²) in [5, 5.41) is 8.85. The molecule has 2 heterocycles. The lowest BCUT2D eigenvalue weighted by Crippen LogP contribution is -2.52. The van der Waals surface area contributed by atoms with Gasteiger partial charge in [-0.15, -0.1) is 0 Å². The number of morpholine rings is 1. The van der Waals surface area contributed by atoms with E-state index in [9.17, 15) is 13.2 Å². The molecule has 7 heteroatoms. The summed E-state index contributed by atoms with van der Waals surface area (Å²) in [6, 6.07) is 5.43. The third-order valence-electron chi connectivity index (χ3n) is 4.11. The minimum atomic E-state index is -4.54. The Hall–Kier alpha value is -1.78. The molecule has 2 fully saturated rings. The summed E-state index contributed by atoms with van der Waals surface area (Å²) in [6.07, 6.45) is -3.80. The van der Waals surface area contributed by atoms with E-state index < -0.39 is 17.3 Å². The van der Waals surface area contributed by atoms with E-state index in [-0.39, 0.29) is 5.56 Å². The van der Waals surface area contributed by atoms with Crippen LogP contribution in [0.3, 0.4) is 0 Å². The average Bonchev–Trinajstić information content (AvgIpc) is 2.93. The molecule has 1 atom stereocenters. The molecule has 4 nitrogen and oxygen atoms in total. The normalized spacial score (nSPS) is 25.5. The number of rotatable bonds is 1. The van der Waals surface area contributed by atoms with Crippen molar-refractivity contribution in [2.75, 3.05) is 37.8 Å². The first-order valence-corrected chi connectivity index (χ1v) is 7.02. The van der Waals surface area contributed by atoms with Gasteiger partial charge in [0.1, 0.15) is 5.60 Å². The van der Waals surface area contributed by atoms with E-state index in [1.54, 1.807) is 12.1 Å². The molecule has 118 valence electrons. The van der Waals surface area contributed by atoms with Crippen molar-refractivity contribution in [3.63, 3.8) is 0 Å². The minimum Gasteiger partial charge on any atom is -0.378 e. The number of nitriles is 1. The van der Waals surface area contributed by atoms with E-state index >= 15 is 0 Å². The number of hydrogen-bond acceptors (Lipinski definition) is 4. The first-order valence-electron chi connectivity index (χ1n) is 7.02. The van der Waals surface area contributed by atoms with Gasteiger partial charge in [0.25, 0.3) is 0 Å². The molecule has 0 aliphatic carbocycles. The molecule has 0 N–H and O–H groups in total. The molecule has 2 aliphatic rings. The second-order valence-electron chi connectivity index (χ2n) is 5.60. The Kier molecular flexibility index (Phi) is 3.75. The molecule has 22 heavy (non-hydrogen) atoms. The van der Waals surface area contributed by atoms with Gasteiger partial charge in [0.2, 0.25) is 0 Å². The van der Waals surface area contributed by atoms with Crippen molar-refractivity contribution >= 4 is 5.69 Å². The SMILES string of the molecule is N#Cc1ccc(N2CCOC3(CCOC3)C2)cc1C(F)(F)F. The first-order chi connectivity index (χ1) is 10.4. The smallest absolute Gasteiger partial charge is 0.378 e. The summed E-state index contributed by atoms with van der Waals surface area (Å²) in [6.45, 7) is 2.53. The fraction of sp³-hybridized carbons (Fsp3) is 0.533. The number of halogens is 3. The van der Waals surface area contributed by atoms with Gasteiger partial charge in [-0.2, -0.15) is 18.4 Å². The summed E-state index contributed by atoms with van der Waals surface area (Å²) in [4.78, 5) is 1.87. The molecule has 1 aromatic carbocycles. The fourth-order valence-electron chi connectivity index (χ4n) is 2.95. The number of ether oxygens (including phenoxy) is 2. The predicted molar refractivity (Wildman–Crippen MR) is 72.5 cm³/mol. The molecule has 0 amide bonds. The van der Waals surface area contributed by atoms with E-state index in [4.69, 9.17) is 14.7 Å². The van der Waals surface area contributed by atoms with Crippen molar-refractivity contribution in [2.45, 2.75) is 18.2 Å². The molecule has 2 aliphatic heterocycles. The largest absolute Gasteiger partial charge is 0.417 e. The molecule has 0 bridgehead atoms. The van der Waals surface area contributed by atoms with Crippen LogP contribution in [0.4, 0.5) is 18.9 Å². The highest BCUT2D eigenvalue weighted by atomic mass is 19.4. The molecule has 2 saturated heterocycles. The van der Waals surface area contributed by atoms with Gasteiger partial charge in [0.05, 0.1) is 30.4 Å². The van der Waals surface area contributed by atoms with Crippen LogP contribution in [0.1, 0.15) is 17.5 Å². The van der Waals surface area contributed by atoms with Crippen molar-refractivity contribution in [1.82, 2.24) is 0 Å². The first kappa shape index (κ1) is 15.1. The van der Waals surface area contributed by atoms with Gasteiger partial charge in [0, 0.05) is 31.8 Å². The standard InChI is InChI=1S/C15H15F3N2O2/c16-15(17,18)13-7-12(2-1-11(13)8-19)20-4-6-22-14(9-20)3-5-21-10-14/h1-2,7H,3-6,9-10H2. The maximum atomic E-state index is 13.1.